The summed E-state index contributed by atoms with van der Waals surface area (Å²) < 4.78 is 10.7. The number of hydrogen-bond donors (Lipinski definition) is 1. The Labute approximate surface area is 126 Å². The molecular formula is C15H27NO5. The average Bonchev–Trinajstić information content (AvgIpc) is 2.23. The number of esters is 1. The van der Waals surface area contributed by atoms with Gasteiger partial charge in [0.05, 0.1) is 12.6 Å². The van der Waals surface area contributed by atoms with E-state index in [4.69, 9.17) is 9.47 Å². The van der Waals surface area contributed by atoms with Crippen LogP contribution in [0.1, 0.15) is 54.4 Å². The highest BCUT2D eigenvalue weighted by Gasteiger charge is 2.39. The van der Waals surface area contributed by atoms with Gasteiger partial charge in [-0.1, -0.05) is 0 Å². The molecule has 0 unspecified atom stereocenters. The average molecular weight is 301 g/mol. The van der Waals surface area contributed by atoms with Crippen LogP contribution in [0.15, 0.2) is 0 Å². The Balaban J connectivity index is 2.84. The van der Waals surface area contributed by atoms with Crippen molar-refractivity contribution in [3.8, 4) is 0 Å². The fraction of sp³-hybridized carbons (Fsp3) is 0.867. The number of likely N-dealkylation sites (tertiary alicyclic amines) is 1. The van der Waals surface area contributed by atoms with Gasteiger partial charge in [0.2, 0.25) is 0 Å². The molecule has 0 aromatic carbocycles. The van der Waals surface area contributed by atoms with Crippen molar-refractivity contribution in [3.05, 3.63) is 0 Å². The van der Waals surface area contributed by atoms with Crippen molar-refractivity contribution in [1.29, 1.82) is 0 Å². The molecule has 0 bridgehead atoms. The molecule has 1 amide bonds. The minimum absolute atomic E-state index is 0.0822. The molecule has 1 N–H and O–H groups in total. The van der Waals surface area contributed by atoms with Gasteiger partial charge in [-0.15, -0.1) is 0 Å². The van der Waals surface area contributed by atoms with Crippen molar-refractivity contribution in [2.45, 2.75) is 77.7 Å². The molecule has 1 aliphatic rings. The third-order valence-electron chi connectivity index (χ3n) is 2.86. The monoisotopic (exact) mass is 301 g/mol. The first-order chi connectivity index (χ1) is 9.39. The molecule has 21 heavy (non-hydrogen) atoms. The fourth-order valence-corrected chi connectivity index (χ4v) is 2.09. The number of carbonyl (C=O) groups is 2. The van der Waals surface area contributed by atoms with E-state index in [1.54, 1.807) is 41.5 Å². The first-order valence-electron chi connectivity index (χ1n) is 7.29. The molecule has 0 spiro atoms. The second-order valence-electron chi connectivity index (χ2n) is 7.41. The van der Waals surface area contributed by atoms with E-state index in [0.717, 1.165) is 0 Å². The number of aliphatic hydroxyl groups excluding tert-OH is 1. The van der Waals surface area contributed by atoms with Crippen LogP contribution in [0.3, 0.4) is 0 Å². The molecule has 2 atom stereocenters. The minimum Gasteiger partial charge on any atom is -0.458 e. The third kappa shape index (κ3) is 5.91. The van der Waals surface area contributed by atoms with E-state index >= 15 is 0 Å². The molecule has 1 saturated heterocycles. The molecule has 0 saturated carbocycles. The zero-order valence-corrected chi connectivity index (χ0v) is 13.8. The van der Waals surface area contributed by atoms with Gasteiger partial charge in [-0.2, -0.15) is 0 Å². The maximum atomic E-state index is 12.2. The highest BCUT2D eigenvalue weighted by molar-refractivity contribution is 5.82. The van der Waals surface area contributed by atoms with E-state index in [-0.39, 0.29) is 6.54 Å². The second kappa shape index (κ2) is 6.22. The van der Waals surface area contributed by atoms with Crippen LogP contribution in [-0.2, 0) is 14.3 Å². The van der Waals surface area contributed by atoms with Gasteiger partial charge in [0.1, 0.15) is 17.2 Å². The van der Waals surface area contributed by atoms with E-state index in [1.165, 1.54) is 4.90 Å². The minimum atomic E-state index is -0.706. The van der Waals surface area contributed by atoms with Gasteiger partial charge in [-0.3, -0.25) is 4.90 Å². The van der Waals surface area contributed by atoms with Gasteiger partial charge in [-0.25, -0.2) is 9.59 Å². The first-order valence-corrected chi connectivity index (χ1v) is 7.29. The lowest BCUT2D eigenvalue weighted by atomic mass is 10.0. The Bertz CT molecular complexity index is 394. The summed E-state index contributed by atoms with van der Waals surface area (Å²) in [6.45, 7) is 10.7. The predicted octanol–water partition coefficient (Wildman–Crippen LogP) is 2.09. The van der Waals surface area contributed by atoms with Crippen LogP contribution in [0.2, 0.25) is 0 Å². The van der Waals surface area contributed by atoms with Crippen LogP contribution in [0, 0.1) is 0 Å². The summed E-state index contributed by atoms with van der Waals surface area (Å²) in [5, 5.41) is 9.76. The summed E-state index contributed by atoms with van der Waals surface area (Å²) in [5.74, 6) is -0.458. The Kier molecular flexibility index (Phi) is 5.25. The van der Waals surface area contributed by atoms with Gasteiger partial charge in [-0.05, 0) is 54.4 Å². The number of amides is 1. The van der Waals surface area contributed by atoms with Crippen LogP contribution in [0.5, 0.6) is 0 Å². The number of β-amino-alcohol motifs (C(OH)–C–C–N with tert-alkyl or cyclic N) is 1. The summed E-state index contributed by atoms with van der Waals surface area (Å²) in [6.07, 6.45) is -0.410. The Morgan fingerprint density at radius 1 is 1.00 bits per heavy atom. The van der Waals surface area contributed by atoms with Crippen molar-refractivity contribution >= 4 is 12.1 Å². The lowest BCUT2D eigenvalue weighted by Crippen LogP contribution is -2.54. The number of hydrogen-bond acceptors (Lipinski definition) is 5. The Morgan fingerprint density at radius 3 is 2.00 bits per heavy atom. The molecule has 1 heterocycles. The van der Waals surface area contributed by atoms with Crippen molar-refractivity contribution in [3.63, 3.8) is 0 Å². The molecule has 1 rings (SSSR count). The van der Waals surface area contributed by atoms with Crippen molar-refractivity contribution in [2.75, 3.05) is 6.54 Å². The van der Waals surface area contributed by atoms with Crippen molar-refractivity contribution in [2.24, 2.45) is 0 Å². The van der Waals surface area contributed by atoms with Gasteiger partial charge < -0.3 is 14.6 Å². The summed E-state index contributed by atoms with van der Waals surface area (Å²) in [5.41, 5.74) is -1.27. The maximum Gasteiger partial charge on any atom is 0.411 e. The first kappa shape index (κ1) is 17.8. The second-order valence-corrected chi connectivity index (χ2v) is 7.41. The van der Waals surface area contributed by atoms with Gasteiger partial charge in [0.15, 0.2) is 0 Å². The Morgan fingerprint density at radius 2 is 1.52 bits per heavy atom. The Hall–Kier alpha value is -1.30. The fourth-order valence-electron chi connectivity index (χ4n) is 2.09. The highest BCUT2D eigenvalue weighted by atomic mass is 16.6. The third-order valence-corrected chi connectivity index (χ3v) is 2.86. The van der Waals surface area contributed by atoms with E-state index in [2.05, 4.69) is 0 Å². The molecule has 0 aromatic heterocycles. The molecule has 1 fully saturated rings. The lowest BCUT2D eigenvalue weighted by Gasteiger charge is -2.38. The number of carbonyl (C=O) groups excluding carboxylic acids is 2. The predicted molar refractivity (Wildman–Crippen MR) is 77.8 cm³/mol. The van der Waals surface area contributed by atoms with E-state index in [0.29, 0.717) is 12.8 Å². The molecule has 122 valence electrons. The number of piperidine rings is 1. The molecule has 0 aliphatic carbocycles. The van der Waals surface area contributed by atoms with E-state index in [1.807, 2.05) is 0 Å². The molecule has 6 nitrogen and oxygen atoms in total. The zero-order valence-electron chi connectivity index (χ0n) is 13.8. The summed E-state index contributed by atoms with van der Waals surface area (Å²) >= 11 is 0. The van der Waals surface area contributed by atoms with Gasteiger partial charge in [0.25, 0.3) is 0 Å². The summed E-state index contributed by atoms with van der Waals surface area (Å²) in [4.78, 5) is 25.7. The van der Waals surface area contributed by atoms with E-state index in [9.17, 15) is 14.7 Å². The number of ether oxygens (including phenoxy) is 2. The lowest BCUT2D eigenvalue weighted by molar-refractivity contribution is -0.163. The molecule has 1 aliphatic heterocycles. The largest absolute Gasteiger partial charge is 0.458 e. The SMILES string of the molecule is CC(C)(C)OC(=O)[C@@H]1CC[C@@H](O)CN1C(=O)OC(C)(C)C. The quantitative estimate of drug-likeness (QED) is 0.750. The van der Waals surface area contributed by atoms with Crippen LogP contribution in [0.4, 0.5) is 4.79 Å². The van der Waals surface area contributed by atoms with Gasteiger partial charge >= 0.3 is 12.1 Å². The number of nitrogens with zero attached hydrogens (tertiary/aromatic N) is 1. The van der Waals surface area contributed by atoms with Crippen LogP contribution < -0.4 is 0 Å². The van der Waals surface area contributed by atoms with Gasteiger partial charge in [0, 0.05) is 0 Å². The molecule has 6 heteroatoms. The number of rotatable bonds is 1. The smallest absolute Gasteiger partial charge is 0.411 e. The molecule has 0 radical (unpaired) electrons. The van der Waals surface area contributed by atoms with Crippen molar-refractivity contribution in [1.82, 2.24) is 4.90 Å². The normalized spacial score (nSPS) is 23.7. The summed E-state index contributed by atoms with van der Waals surface area (Å²) in [7, 11) is 0. The molecular weight excluding hydrogens is 274 g/mol. The van der Waals surface area contributed by atoms with Crippen LogP contribution >= 0.6 is 0 Å². The number of aliphatic hydroxyl groups is 1. The highest BCUT2D eigenvalue weighted by Crippen LogP contribution is 2.23. The topological polar surface area (TPSA) is 76.1 Å². The molecule has 0 aromatic rings. The standard InChI is InChI=1S/C15H27NO5/c1-14(2,3)20-12(18)11-8-7-10(17)9-16(11)13(19)21-15(4,5)6/h10-11,17H,7-9H2,1-6H3/t10-,11+/m1/s1. The van der Waals surface area contributed by atoms with Crippen LogP contribution in [0.25, 0.3) is 0 Å². The van der Waals surface area contributed by atoms with Crippen molar-refractivity contribution < 1.29 is 24.2 Å². The zero-order chi connectivity index (χ0) is 16.4. The van der Waals surface area contributed by atoms with Crippen LogP contribution in [-0.4, -0.2) is 52.0 Å². The van der Waals surface area contributed by atoms with E-state index < -0.39 is 35.4 Å². The summed E-state index contributed by atoms with van der Waals surface area (Å²) in [6, 6.07) is -0.706. The maximum absolute atomic E-state index is 12.2.